The largest absolute Gasteiger partial charge is 0.445 e. The molecule has 0 atom stereocenters. The summed E-state index contributed by atoms with van der Waals surface area (Å²) in [5.41, 5.74) is 0. The van der Waals surface area contributed by atoms with E-state index in [1.54, 1.807) is 0 Å². The number of likely N-dealkylation sites (tertiary alicyclic amines) is 1. The smallest absolute Gasteiger partial charge is 0.360 e. The molecule has 2 heterocycles. The number of rotatable bonds is 4. The highest BCUT2D eigenvalue weighted by molar-refractivity contribution is 7.15. The molecular formula is C11H14F6N4S. The van der Waals surface area contributed by atoms with Gasteiger partial charge in [0.15, 0.2) is 0 Å². The Labute approximate surface area is 126 Å². The second kappa shape index (κ2) is 6.57. The summed E-state index contributed by atoms with van der Waals surface area (Å²) in [4.78, 5) is 1.34. The Hall–Kier alpha value is -1.10. The van der Waals surface area contributed by atoms with E-state index in [0.29, 0.717) is 43.8 Å². The van der Waals surface area contributed by atoms with E-state index in [9.17, 15) is 26.3 Å². The minimum absolute atomic E-state index is 0.0741. The molecule has 1 aliphatic heterocycles. The molecule has 0 aliphatic carbocycles. The van der Waals surface area contributed by atoms with Crippen molar-refractivity contribution in [1.82, 2.24) is 15.1 Å². The average Bonchev–Trinajstić information content (AvgIpc) is 2.85. The normalized spacial score (nSPS) is 18.6. The highest BCUT2D eigenvalue weighted by atomic mass is 32.1. The first-order chi connectivity index (χ1) is 10.1. The number of hydrogen-bond donors (Lipinski definition) is 1. The number of nitrogens with zero attached hydrogens (tertiary/aromatic N) is 3. The van der Waals surface area contributed by atoms with Gasteiger partial charge in [-0.05, 0) is 31.8 Å². The quantitative estimate of drug-likeness (QED) is 0.848. The molecule has 1 aromatic heterocycles. The monoisotopic (exact) mass is 348 g/mol. The molecule has 1 fully saturated rings. The van der Waals surface area contributed by atoms with E-state index in [2.05, 4.69) is 15.5 Å². The molecule has 22 heavy (non-hydrogen) atoms. The van der Waals surface area contributed by atoms with E-state index in [4.69, 9.17) is 0 Å². The van der Waals surface area contributed by atoms with Crippen molar-refractivity contribution in [2.45, 2.75) is 25.2 Å². The Bertz CT molecular complexity index is 478. The first-order valence-electron chi connectivity index (χ1n) is 6.57. The summed E-state index contributed by atoms with van der Waals surface area (Å²) in [5.74, 6) is 0.114. The molecule has 1 aliphatic rings. The summed E-state index contributed by atoms with van der Waals surface area (Å²) >= 11 is 0.419. The van der Waals surface area contributed by atoms with Crippen LogP contribution in [0.4, 0.5) is 31.5 Å². The number of hydrogen-bond acceptors (Lipinski definition) is 5. The lowest BCUT2D eigenvalue weighted by atomic mass is 9.97. The van der Waals surface area contributed by atoms with Crippen molar-refractivity contribution in [3.8, 4) is 0 Å². The van der Waals surface area contributed by atoms with Crippen molar-refractivity contribution in [3.05, 3.63) is 5.01 Å². The van der Waals surface area contributed by atoms with Gasteiger partial charge in [-0.2, -0.15) is 26.3 Å². The van der Waals surface area contributed by atoms with Crippen LogP contribution in [0.1, 0.15) is 17.8 Å². The van der Waals surface area contributed by atoms with Gasteiger partial charge in [0.2, 0.25) is 10.1 Å². The lowest BCUT2D eigenvalue weighted by molar-refractivity contribution is -0.148. The predicted octanol–water partition coefficient (Wildman–Crippen LogP) is 3.24. The summed E-state index contributed by atoms with van der Waals surface area (Å²) in [5, 5.41) is 8.29. The minimum atomic E-state index is -4.51. The predicted molar refractivity (Wildman–Crippen MR) is 68.6 cm³/mol. The van der Waals surface area contributed by atoms with Crippen LogP contribution >= 0.6 is 11.3 Å². The van der Waals surface area contributed by atoms with Gasteiger partial charge in [0.25, 0.3) is 0 Å². The van der Waals surface area contributed by atoms with Crippen LogP contribution in [-0.2, 0) is 6.18 Å². The molecule has 0 saturated carbocycles. The molecule has 0 unspecified atom stereocenters. The first kappa shape index (κ1) is 17.3. The summed E-state index contributed by atoms with van der Waals surface area (Å²) < 4.78 is 73.8. The standard InChI is InChI=1S/C11H14F6N4S/c12-10(13,14)6-21-3-1-7(2-4-21)5-18-9-20-19-8(22-9)11(15,16)17/h7H,1-6H2,(H,18,20). The zero-order valence-corrected chi connectivity index (χ0v) is 12.2. The lowest BCUT2D eigenvalue weighted by Crippen LogP contribution is -2.41. The number of anilines is 1. The molecule has 0 amide bonds. The van der Waals surface area contributed by atoms with Crippen molar-refractivity contribution in [2.75, 3.05) is 31.5 Å². The molecule has 4 nitrogen and oxygen atoms in total. The molecule has 0 spiro atoms. The average molecular weight is 348 g/mol. The zero-order chi connectivity index (χ0) is 16.4. The van der Waals surface area contributed by atoms with Crippen molar-refractivity contribution in [3.63, 3.8) is 0 Å². The van der Waals surface area contributed by atoms with E-state index in [-0.39, 0.29) is 11.0 Å². The van der Waals surface area contributed by atoms with Gasteiger partial charge >= 0.3 is 12.4 Å². The van der Waals surface area contributed by atoms with E-state index < -0.39 is 23.9 Å². The van der Waals surface area contributed by atoms with Gasteiger partial charge in [-0.3, -0.25) is 4.90 Å². The van der Waals surface area contributed by atoms with Crippen LogP contribution in [0.3, 0.4) is 0 Å². The van der Waals surface area contributed by atoms with Crippen LogP contribution in [0.5, 0.6) is 0 Å². The topological polar surface area (TPSA) is 41.0 Å². The van der Waals surface area contributed by atoms with Crippen LogP contribution in [0.15, 0.2) is 0 Å². The highest BCUT2D eigenvalue weighted by Crippen LogP contribution is 2.33. The van der Waals surface area contributed by atoms with Crippen LogP contribution in [0, 0.1) is 5.92 Å². The number of halogens is 6. The van der Waals surface area contributed by atoms with Crippen LogP contribution in [0.2, 0.25) is 0 Å². The Balaban J connectivity index is 1.74. The van der Waals surface area contributed by atoms with E-state index >= 15 is 0 Å². The van der Waals surface area contributed by atoms with Gasteiger partial charge in [-0.25, -0.2) is 0 Å². The lowest BCUT2D eigenvalue weighted by Gasteiger charge is -2.32. The molecule has 0 bridgehead atoms. The molecule has 1 N–H and O–H groups in total. The molecule has 0 radical (unpaired) electrons. The van der Waals surface area contributed by atoms with Gasteiger partial charge in [0.1, 0.15) is 0 Å². The van der Waals surface area contributed by atoms with Gasteiger partial charge in [-0.1, -0.05) is 11.3 Å². The fourth-order valence-electron chi connectivity index (χ4n) is 2.24. The van der Waals surface area contributed by atoms with Gasteiger partial charge in [0.05, 0.1) is 6.54 Å². The Kier molecular flexibility index (Phi) is 5.15. The zero-order valence-electron chi connectivity index (χ0n) is 11.3. The van der Waals surface area contributed by atoms with Gasteiger partial charge in [0, 0.05) is 6.54 Å². The maximum absolute atomic E-state index is 12.4. The first-order valence-corrected chi connectivity index (χ1v) is 7.39. The minimum Gasteiger partial charge on any atom is -0.360 e. The van der Waals surface area contributed by atoms with E-state index in [1.807, 2.05) is 0 Å². The summed E-state index contributed by atoms with van der Waals surface area (Å²) in [6.07, 6.45) is -7.59. The van der Waals surface area contributed by atoms with E-state index in [0.717, 1.165) is 0 Å². The molecule has 1 aromatic rings. The summed E-state index contributed by atoms with van der Waals surface area (Å²) in [6.45, 7) is 0.121. The number of alkyl halides is 6. The molecule has 2 rings (SSSR count). The number of nitrogens with one attached hydrogen (secondary N) is 1. The van der Waals surface area contributed by atoms with Gasteiger partial charge < -0.3 is 5.32 Å². The van der Waals surface area contributed by atoms with Crippen LogP contribution < -0.4 is 5.32 Å². The van der Waals surface area contributed by atoms with Crippen molar-refractivity contribution in [1.29, 1.82) is 0 Å². The SMILES string of the molecule is FC(F)(F)CN1CCC(CNc2nnc(C(F)(F)F)s2)CC1. The second-order valence-electron chi connectivity index (χ2n) is 5.13. The highest BCUT2D eigenvalue weighted by Gasteiger charge is 2.36. The Morgan fingerprint density at radius 1 is 1.09 bits per heavy atom. The summed E-state index contributed by atoms with van der Waals surface area (Å²) in [7, 11) is 0. The maximum Gasteiger partial charge on any atom is 0.445 e. The Morgan fingerprint density at radius 3 is 2.23 bits per heavy atom. The fourth-order valence-corrected chi connectivity index (χ4v) is 2.86. The maximum atomic E-state index is 12.4. The molecule has 0 aromatic carbocycles. The van der Waals surface area contributed by atoms with Gasteiger partial charge in [-0.15, -0.1) is 10.2 Å². The third-order valence-electron chi connectivity index (χ3n) is 3.32. The van der Waals surface area contributed by atoms with Crippen molar-refractivity contribution >= 4 is 16.5 Å². The van der Waals surface area contributed by atoms with Crippen LogP contribution in [-0.4, -0.2) is 47.5 Å². The third-order valence-corrected chi connectivity index (χ3v) is 4.25. The molecule has 11 heteroatoms. The fraction of sp³-hybridized carbons (Fsp3) is 0.818. The number of piperidine rings is 1. The van der Waals surface area contributed by atoms with Crippen molar-refractivity contribution < 1.29 is 26.3 Å². The number of aromatic nitrogens is 2. The molecule has 126 valence electrons. The second-order valence-corrected chi connectivity index (χ2v) is 6.10. The third kappa shape index (κ3) is 5.27. The summed E-state index contributed by atoms with van der Waals surface area (Å²) in [6, 6.07) is 0. The Morgan fingerprint density at radius 2 is 1.73 bits per heavy atom. The molecular weight excluding hydrogens is 334 g/mol. The van der Waals surface area contributed by atoms with Crippen LogP contribution in [0.25, 0.3) is 0 Å². The van der Waals surface area contributed by atoms with E-state index in [1.165, 1.54) is 4.90 Å². The molecule has 1 saturated heterocycles. The van der Waals surface area contributed by atoms with Crippen molar-refractivity contribution in [2.24, 2.45) is 5.92 Å².